The molecule has 11 heteroatoms. The van der Waals surface area contributed by atoms with Gasteiger partial charge in [0.15, 0.2) is 5.60 Å². The second-order valence-electron chi connectivity index (χ2n) is 11.1. The molecule has 1 amide bonds. The molecule has 5 aliphatic rings. The molecule has 6 rings (SSSR count). The van der Waals surface area contributed by atoms with E-state index in [9.17, 15) is 30.0 Å². The van der Waals surface area contributed by atoms with Gasteiger partial charge in [-0.1, -0.05) is 0 Å². The van der Waals surface area contributed by atoms with Crippen molar-refractivity contribution in [2.45, 2.75) is 49.2 Å². The number of hydrogen-bond donors (Lipinski definition) is 5. The number of likely N-dealkylation sites (tertiary alicyclic amines) is 1. The van der Waals surface area contributed by atoms with Crippen molar-refractivity contribution in [3.8, 4) is 5.75 Å². The number of fused-ring (bicyclic) bond motifs is 2. The number of benzene rings is 1. The molecule has 1 aromatic carbocycles. The van der Waals surface area contributed by atoms with Crippen molar-refractivity contribution in [2.75, 3.05) is 27.7 Å². The quantitative estimate of drug-likeness (QED) is 0.370. The van der Waals surface area contributed by atoms with Crippen LogP contribution in [0.1, 0.15) is 42.0 Å². The Labute approximate surface area is 212 Å². The van der Waals surface area contributed by atoms with Gasteiger partial charge < -0.3 is 30.9 Å². The van der Waals surface area contributed by atoms with E-state index in [0.29, 0.717) is 5.56 Å². The van der Waals surface area contributed by atoms with Crippen LogP contribution < -0.4 is 5.73 Å². The second-order valence-corrected chi connectivity index (χ2v) is 11.1. The molecule has 1 saturated carbocycles. The number of nitrogens with two attached hydrogens (primary N) is 1. The summed E-state index contributed by atoms with van der Waals surface area (Å²) in [5.74, 6) is -7.72. The normalized spacial score (nSPS) is 36.9. The molecule has 3 fully saturated rings. The van der Waals surface area contributed by atoms with Crippen LogP contribution in [0.4, 0.5) is 4.39 Å². The average Bonchev–Trinajstić information content (AvgIpc) is 3.22. The van der Waals surface area contributed by atoms with Gasteiger partial charge in [0.1, 0.15) is 28.7 Å². The molecule has 1 spiro atoms. The van der Waals surface area contributed by atoms with E-state index in [4.69, 9.17) is 10.5 Å². The minimum atomic E-state index is -2.44. The molecule has 2 aliphatic heterocycles. The first-order valence-corrected chi connectivity index (χ1v) is 12.4. The fraction of sp³-hybridized carbons (Fsp3) is 0.538. The summed E-state index contributed by atoms with van der Waals surface area (Å²) in [6.45, 7) is 0.803. The zero-order valence-corrected chi connectivity index (χ0v) is 20.8. The number of aromatic hydroxyl groups is 1. The lowest BCUT2D eigenvalue weighted by Crippen LogP contribution is -2.60. The number of epoxide rings is 1. The van der Waals surface area contributed by atoms with Crippen LogP contribution in [0.15, 0.2) is 23.0 Å². The van der Waals surface area contributed by atoms with E-state index in [1.165, 1.54) is 6.07 Å². The summed E-state index contributed by atoms with van der Waals surface area (Å²) in [5.41, 5.74) is 3.15. The van der Waals surface area contributed by atoms with Crippen molar-refractivity contribution in [3.63, 3.8) is 0 Å². The fourth-order valence-electron chi connectivity index (χ4n) is 7.47. The molecular formula is C26H30FN3O7. The maximum absolute atomic E-state index is 15.9. The second kappa shape index (κ2) is 7.53. The van der Waals surface area contributed by atoms with Gasteiger partial charge in [-0.05, 0) is 65.4 Å². The van der Waals surface area contributed by atoms with Crippen molar-refractivity contribution in [3.05, 3.63) is 45.5 Å². The van der Waals surface area contributed by atoms with Crippen molar-refractivity contribution < 1.29 is 39.1 Å². The number of amides is 1. The molecule has 37 heavy (non-hydrogen) atoms. The molecule has 1 aromatic rings. The zero-order valence-electron chi connectivity index (χ0n) is 20.8. The molecule has 10 nitrogen and oxygen atoms in total. The maximum Gasteiger partial charge on any atom is 0.253 e. The Balaban J connectivity index is 1.51. The summed E-state index contributed by atoms with van der Waals surface area (Å²) in [5, 5.41) is 44.4. The van der Waals surface area contributed by atoms with Crippen LogP contribution in [-0.4, -0.2) is 87.0 Å². The molecule has 2 heterocycles. The first kappa shape index (κ1) is 24.4. The number of hydrogen-bond acceptors (Lipinski definition) is 9. The Morgan fingerprint density at radius 3 is 2.59 bits per heavy atom. The number of phenolic OH excluding ortho intramolecular Hbond substituents is 1. The number of Topliss-reactive ketones (excluding diaryl/α,β-unsaturated/α-hetero) is 1. The standard InChI is InChI=1S/C26H30FN3O7/c1-29(2)20-13-8-10-7-12-17(15(31)9-11(19(12)27)14-5-4-6-30(14)3)21(32)16(10)23(34)25(13)26(36,37-25)18(22(20)33)24(28)35/h9-10,13-14,20,31-33,36H,4-8H2,1-3H3,(H2,28,35)/t10-,13-,14?,20-,25-,26?/m0/s1. The van der Waals surface area contributed by atoms with Crippen LogP contribution in [0.5, 0.6) is 5.75 Å². The molecule has 0 radical (unpaired) electrons. The van der Waals surface area contributed by atoms with Gasteiger partial charge in [-0.25, -0.2) is 4.39 Å². The number of carbonyl (C=O) groups excluding carboxylic acids is 2. The van der Waals surface area contributed by atoms with E-state index in [-0.39, 0.29) is 41.3 Å². The SMILES string of the molecule is CN1CCCC1c1cc(O)c2c(c1F)C[C@H]1C[C@H]3[C@H](N(C)C)C(O)=C(C(N)=O)C4(O)O[C@]34C(=O)C1=C2O. The highest BCUT2D eigenvalue weighted by molar-refractivity contribution is 6.14. The number of likely N-dealkylation sites (N-methyl/N-ethyl adjacent to an activating group) is 1. The molecule has 3 aliphatic carbocycles. The van der Waals surface area contributed by atoms with Crippen LogP contribution in [-0.2, 0) is 20.7 Å². The minimum absolute atomic E-state index is 0.0302. The van der Waals surface area contributed by atoms with Crippen molar-refractivity contribution in [1.82, 2.24) is 9.80 Å². The lowest BCUT2D eigenvalue weighted by molar-refractivity contribution is -0.127. The van der Waals surface area contributed by atoms with E-state index in [1.54, 1.807) is 19.0 Å². The summed E-state index contributed by atoms with van der Waals surface area (Å²) < 4.78 is 21.6. The summed E-state index contributed by atoms with van der Waals surface area (Å²) in [4.78, 5) is 29.8. The third-order valence-electron chi connectivity index (χ3n) is 9.07. The largest absolute Gasteiger partial charge is 0.510 e. The van der Waals surface area contributed by atoms with Crippen LogP contribution >= 0.6 is 0 Å². The molecule has 6 atom stereocenters. The predicted octanol–water partition coefficient (Wildman–Crippen LogP) is 1.03. The summed E-state index contributed by atoms with van der Waals surface area (Å²) >= 11 is 0. The highest BCUT2D eigenvalue weighted by atomic mass is 19.1. The van der Waals surface area contributed by atoms with Gasteiger partial charge in [-0.15, -0.1) is 0 Å². The Kier molecular flexibility index (Phi) is 4.96. The molecule has 198 valence electrons. The number of phenols is 1. The highest BCUT2D eigenvalue weighted by Gasteiger charge is 2.86. The number of rotatable bonds is 3. The number of ether oxygens (including phenoxy) is 1. The Hall–Kier alpha value is -2.99. The third kappa shape index (κ3) is 2.82. The third-order valence-corrected chi connectivity index (χ3v) is 9.07. The van der Waals surface area contributed by atoms with E-state index in [1.807, 2.05) is 11.9 Å². The Morgan fingerprint density at radius 1 is 1.30 bits per heavy atom. The lowest BCUT2D eigenvalue weighted by Gasteiger charge is -2.45. The highest BCUT2D eigenvalue weighted by Crippen LogP contribution is 2.67. The van der Waals surface area contributed by atoms with Crippen molar-refractivity contribution in [2.24, 2.45) is 17.6 Å². The zero-order chi connectivity index (χ0) is 26.8. The predicted molar refractivity (Wildman–Crippen MR) is 128 cm³/mol. The molecule has 2 saturated heterocycles. The van der Waals surface area contributed by atoms with E-state index < -0.39 is 63.9 Å². The number of ketones is 1. The van der Waals surface area contributed by atoms with Gasteiger partial charge in [-0.3, -0.25) is 19.4 Å². The Bertz CT molecular complexity index is 1340. The van der Waals surface area contributed by atoms with Crippen LogP contribution in [0.2, 0.25) is 0 Å². The Morgan fingerprint density at radius 2 is 2.00 bits per heavy atom. The number of carbonyl (C=O) groups is 2. The molecular weight excluding hydrogens is 485 g/mol. The monoisotopic (exact) mass is 515 g/mol. The van der Waals surface area contributed by atoms with E-state index >= 15 is 4.39 Å². The first-order chi connectivity index (χ1) is 17.4. The van der Waals surface area contributed by atoms with Gasteiger partial charge in [0, 0.05) is 28.7 Å². The van der Waals surface area contributed by atoms with Gasteiger partial charge >= 0.3 is 0 Å². The van der Waals surface area contributed by atoms with Crippen LogP contribution in [0.3, 0.4) is 0 Å². The molecule has 0 bridgehead atoms. The minimum Gasteiger partial charge on any atom is -0.510 e. The summed E-state index contributed by atoms with van der Waals surface area (Å²) in [6.07, 6.45) is 1.80. The molecule has 2 unspecified atom stereocenters. The van der Waals surface area contributed by atoms with Gasteiger partial charge in [0.05, 0.1) is 11.6 Å². The first-order valence-electron chi connectivity index (χ1n) is 12.4. The number of nitrogens with zero attached hydrogens (tertiary/aromatic N) is 2. The maximum atomic E-state index is 15.9. The number of halogens is 1. The summed E-state index contributed by atoms with van der Waals surface area (Å²) in [7, 11) is 5.18. The average molecular weight is 516 g/mol. The number of aliphatic hydroxyl groups is 3. The van der Waals surface area contributed by atoms with Crippen molar-refractivity contribution in [1.29, 1.82) is 0 Å². The lowest BCUT2D eigenvalue weighted by atomic mass is 9.58. The van der Waals surface area contributed by atoms with Gasteiger partial charge in [0.25, 0.3) is 5.91 Å². The smallest absolute Gasteiger partial charge is 0.253 e. The van der Waals surface area contributed by atoms with Crippen molar-refractivity contribution >= 4 is 17.4 Å². The topological polar surface area (TPSA) is 160 Å². The van der Waals surface area contributed by atoms with Gasteiger partial charge in [0.2, 0.25) is 11.6 Å². The van der Waals surface area contributed by atoms with E-state index in [2.05, 4.69) is 0 Å². The number of primary amides is 1. The van der Waals surface area contributed by atoms with E-state index in [0.717, 1.165) is 19.4 Å². The number of aliphatic hydroxyl groups excluding tert-OH is 2. The molecule has 0 aromatic heterocycles. The van der Waals surface area contributed by atoms with Crippen LogP contribution in [0.25, 0.3) is 5.76 Å². The summed E-state index contributed by atoms with van der Waals surface area (Å²) in [6, 6.07) is 0.210. The fourth-order valence-corrected chi connectivity index (χ4v) is 7.47. The van der Waals surface area contributed by atoms with Gasteiger partial charge in [-0.2, -0.15) is 0 Å². The van der Waals surface area contributed by atoms with Crippen LogP contribution in [0, 0.1) is 17.7 Å². The molecule has 6 N–H and O–H groups in total.